The second kappa shape index (κ2) is 7.83. The van der Waals surface area contributed by atoms with E-state index in [9.17, 15) is 0 Å². The highest BCUT2D eigenvalue weighted by Gasteiger charge is 2.21. The van der Waals surface area contributed by atoms with Crippen LogP contribution in [-0.4, -0.2) is 37.9 Å². The Morgan fingerprint density at radius 2 is 2.26 bits per heavy atom. The minimum atomic E-state index is 0.327. The van der Waals surface area contributed by atoms with Crippen molar-refractivity contribution in [2.45, 2.75) is 18.9 Å². The van der Waals surface area contributed by atoms with E-state index in [1.807, 2.05) is 24.3 Å². The largest absolute Gasteiger partial charge is 0.493 e. The van der Waals surface area contributed by atoms with E-state index < -0.39 is 0 Å². The summed E-state index contributed by atoms with van der Waals surface area (Å²) in [5, 5.41) is 3.52. The van der Waals surface area contributed by atoms with Gasteiger partial charge in [-0.3, -0.25) is 4.98 Å². The molecule has 2 heterocycles. The Balaban J connectivity index is 1.40. The van der Waals surface area contributed by atoms with Crippen molar-refractivity contribution in [2.75, 3.05) is 26.9 Å². The molecular weight excluding hydrogens is 292 g/mol. The average molecular weight is 314 g/mol. The van der Waals surface area contributed by atoms with Crippen LogP contribution < -0.4 is 19.5 Å². The topological polar surface area (TPSA) is 52.6 Å². The number of ether oxygens (including phenoxy) is 3. The molecule has 1 N–H and O–H groups in total. The van der Waals surface area contributed by atoms with Crippen LogP contribution in [0.25, 0.3) is 0 Å². The van der Waals surface area contributed by atoms with Crippen LogP contribution in [0.2, 0.25) is 0 Å². The molecule has 5 nitrogen and oxygen atoms in total. The molecule has 0 amide bonds. The van der Waals surface area contributed by atoms with E-state index in [0.717, 1.165) is 36.6 Å². The smallest absolute Gasteiger partial charge is 0.164 e. The minimum Gasteiger partial charge on any atom is -0.493 e. The standard InChI is InChI=1S/C18H22N2O3/c1-21-17-7-2-5-14-11-15(13-23-18(14)17)20-9-4-10-22-16-6-3-8-19-12-16/h2-3,5-8,12,15,20H,4,9-11,13H2,1H3. The first-order valence-corrected chi connectivity index (χ1v) is 7.91. The second-order valence-corrected chi connectivity index (χ2v) is 5.51. The molecule has 1 unspecified atom stereocenters. The number of rotatable bonds is 7. The van der Waals surface area contributed by atoms with Gasteiger partial charge in [-0.1, -0.05) is 12.1 Å². The van der Waals surface area contributed by atoms with Gasteiger partial charge in [0.05, 0.1) is 19.9 Å². The van der Waals surface area contributed by atoms with Gasteiger partial charge >= 0.3 is 0 Å². The number of hydrogen-bond acceptors (Lipinski definition) is 5. The van der Waals surface area contributed by atoms with E-state index in [-0.39, 0.29) is 0 Å². The summed E-state index contributed by atoms with van der Waals surface area (Å²) in [6.07, 6.45) is 5.36. The molecule has 0 saturated heterocycles. The summed E-state index contributed by atoms with van der Waals surface area (Å²) < 4.78 is 16.8. The van der Waals surface area contributed by atoms with Crippen LogP contribution >= 0.6 is 0 Å². The minimum absolute atomic E-state index is 0.327. The number of benzene rings is 1. The van der Waals surface area contributed by atoms with E-state index in [1.165, 1.54) is 5.56 Å². The van der Waals surface area contributed by atoms with Crippen molar-refractivity contribution in [3.05, 3.63) is 48.3 Å². The highest BCUT2D eigenvalue weighted by molar-refractivity contribution is 5.48. The second-order valence-electron chi connectivity index (χ2n) is 5.51. The Hall–Kier alpha value is -2.27. The van der Waals surface area contributed by atoms with Crippen LogP contribution in [0.4, 0.5) is 0 Å². The van der Waals surface area contributed by atoms with E-state index in [2.05, 4.69) is 16.4 Å². The van der Waals surface area contributed by atoms with Gasteiger partial charge in [-0.15, -0.1) is 0 Å². The molecule has 1 aliphatic rings. The van der Waals surface area contributed by atoms with Crippen LogP contribution in [0.15, 0.2) is 42.7 Å². The predicted molar refractivity (Wildman–Crippen MR) is 88.3 cm³/mol. The molecule has 2 aromatic rings. The zero-order valence-corrected chi connectivity index (χ0v) is 13.3. The molecule has 1 atom stereocenters. The fourth-order valence-electron chi connectivity index (χ4n) is 2.69. The van der Waals surface area contributed by atoms with Crippen molar-refractivity contribution < 1.29 is 14.2 Å². The number of aromatic nitrogens is 1. The van der Waals surface area contributed by atoms with Crippen LogP contribution in [0, 0.1) is 0 Å². The Labute approximate surface area is 136 Å². The highest BCUT2D eigenvalue weighted by atomic mass is 16.5. The van der Waals surface area contributed by atoms with Crippen molar-refractivity contribution in [3.63, 3.8) is 0 Å². The van der Waals surface area contributed by atoms with E-state index in [4.69, 9.17) is 14.2 Å². The van der Waals surface area contributed by atoms with Crippen LogP contribution in [0.5, 0.6) is 17.2 Å². The molecule has 0 radical (unpaired) electrons. The Morgan fingerprint density at radius 3 is 3.09 bits per heavy atom. The first-order chi connectivity index (χ1) is 11.4. The third-order valence-corrected chi connectivity index (χ3v) is 3.83. The van der Waals surface area contributed by atoms with E-state index >= 15 is 0 Å². The van der Waals surface area contributed by atoms with Gasteiger partial charge in [0.25, 0.3) is 0 Å². The summed E-state index contributed by atoms with van der Waals surface area (Å²) >= 11 is 0. The van der Waals surface area contributed by atoms with Gasteiger partial charge in [0.15, 0.2) is 11.5 Å². The maximum Gasteiger partial charge on any atom is 0.164 e. The third-order valence-electron chi connectivity index (χ3n) is 3.83. The van der Waals surface area contributed by atoms with Gasteiger partial charge < -0.3 is 19.5 Å². The maximum absolute atomic E-state index is 5.86. The lowest BCUT2D eigenvalue weighted by molar-refractivity contribution is 0.223. The van der Waals surface area contributed by atoms with Gasteiger partial charge in [0.1, 0.15) is 12.4 Å². The number of methoxy groups -OCH3 is 1. The molecule has 0 fully saturated rings. The van der Waals surface area contributed by atoms with Crippen molar-refractivity contribution in [3.8, 4) is 17.2 Å². The number of pyridine rings is 1. The summed E-state index contributed by atoms with van der Waals surface area (Å²) in [5.74, 6) is 2.51. The quantitative estimate of drug-likeness (QED) is 0.796. The fourth-order valence-corrected chi connectivity index (χ4v) is 2.69. The van der Waals surface area contributed by atoms with Crippen LogP contribution in [-0.2, 0) is 6.42 Å². The number of nitrogens with one attached hydrogen (secondary N) is 1. The SMILES string of the molecule is COc1cccc2c1OCC(NCCCOc1cccnc1)C2. The summed E-state index contributed by atoms with van der Waals surface area (Å²) in [6.45, 7) is 2.24. The molecule has 0 saturated carbocycles. The van der Waals surface area contributed by atoms with Gasteiger partial charge in [-0.25, -0.2) is 0 Å². The van der Waals surface area contributed by atoms with E-state index in [1.54, 1.807) is 19.5 Å². The van der Waals surface area contributed by atoms with Gasteiger partial charge in [0.2, 0.25) is 0 Å². The molecule has 1 aromatic carbocycles. The van der Waals surface area contributed by atoms with E-state index in [0.29, 0.717) is 19.3 Å². The lowest BCUT2D eigenvalue weighted by Gasteiger charge is -2.27. The molecule has 23 heavy (non-hydrogen) atoms. The number of nitrogens with zero attached hydrogens (tertiary/aromatic N) is 1. The van der Waals surface area contributed by atoms with Gasteiger partial charge in [-0.05, 0) is 43.1 Å². The highest BCUT2D eigenvalue weighted by Crippen LogP contribution is 2.34. The molecule has 0 spiro atoms. The summed E-state index contributed by atoms with van der Waals surface area (Å²) in [6, 6.07) is 10.1. The summed E-state index contributed by atoms with van der Waals surface area (Å²) in [5.41, 5.74) is 1.19. The predicted octanol–water partition coefficient (Wildman–Crippen LogP) is 2.45. The zero-order valence-electron chi connectivity index (χ0n) is 13.3. The molecule has 122 valence electrons. The van der Waals surface area contributed by atoms with Crippen LogP contribution in [0.3, 0.4) is 0 Å². The van der Waals surface area contributed by atoms with Crippen molar-refractivity contribution in [1.29, 1.82) is 0 Å². The molecule has 1 aliphatic heterocycles. The normalized spacial score (nSPS) is 16.3. The van der Waals surface area contributed by atoms with Crippen LogP contribution in [0.1, 0.15) is 12.0 Å². The Kier molecular flexibility index (Phi) is 5.32. The van der Waals surface area contributed by atoms with Crippen molar-refractivity contribution in [1.82, 2.24) is 10.3 Å². The first-order valence-electron chi connectivity index (χ1n) is 7.91. The summed E-state index contributed by atoms with van der Waals surface area (Å²) in [4.78, 5) is 4.03. The summed E-state index contributed by atoms with van der Waals surface area (Å²) in [7, 11) is 1.67. The molecule has 0 bridgehead atoms. The zero-order chi connectivity index (χ0) is 15.9. The number of fused-ring (bicyclic) bond motifs is 1. The molecular formula is C18H22N2O3. The van der Waals surface area contributed by atoms with Gasteiger partial charge in [-0.2, -0.15) is 0 Å². The fraction of sp³-hybridized carbons (Fsp3) is 0.389. The number of hydrogen-bond donors (Lipinski definition) is 1. The Bertz CT molecular complexity index is 619. The van der Waals surface area contributed by atoms with Crippen molar-refractivity contribution >= 4 is 0 Å². The third kappa shape index (κ3) is 4.13. The monoisotopic (exact) mass is 314 g/mol. The molecule has 5 heteroatoms. The lowest BCUT2D eigenvalue weighted by Crippen LogP contribution is -2.40. The first kappa shape index (κ1) is 15.6. The van der Waals surface area contributed by atoms with Gasteiger partial charge in [0, 0.05) is 12.2 Å². The number of para-hydroxylation sites is 1. The molecule has 3 rings (SSSR count). The lowest BCUT2D eigenvalue weighted by atomic mass is 10.0. The molecule has 0 aliphatic carbocycles. The Morgan fingerprint density at radius 1 is 1.30 bits per heavy atom. The van der Waals surface area contributed by atoms with Crippen molar-refractivity contribution in [2.24, 2.45) is 0 Å². The maximum atomic E-state index is 5.86. The molecule has 1 aromatic heterocycles. The average Bonchev–Trinajstić information content (AvgIpc) is 2.61.